The summed E-state index contributed by atoms with van der Waals surface area (Å²) in [6.45, 7) is 2.72. The van der Waals surface area contributed by atoms with E-state index in [4.69, 9.17) is 9.47 Å². The molecular formula is C21H23NO4. The maximum atomic E-state index is 12.7. The van der Waals surface area contributed by atoms with Gasteiger partial charge in [-0.25, -0.2) is 9.59 Å². The van der Waals surface area contributed by atoms with Crippen molar-refractivity contribution in [2.75, 3.05) is 13.2 Å². The van der Waals surface area contributed by atoms with E-state index in [9.17, 15) is 9.59 Å². The van der Waals surface area contributed by atoms with Crippen LogP contribution < -0.4 is 0 Å². The van der Waals surface area contributed by atoms with E-state index >= 15 is 0 Å². The van der Waals surface area contributed by atoms with Gasteiger partial charge in [0, 0.05) is 13.0 Å². The molecule has 1 saturated heterocycles. The quantitative estimate of drug-likeness (QED) is 0.745. The third-order valence-corrected chi connectivity index (χ3v) is 4.69. The van der Waals surface area contributed by atoms with Gasteiger partial charge >= 0.3 is 12.1 Å². The van der Waals surface area contributed by atoms with Gasteiger partial charge in [0.2, 0.25) is 0 Å². The van der Waals surface area contributed by atoms with E-state index in [1.54, 1.807) is 6.92 Å². The Morgan fingerprint density at radius 2 is 1.58 bits per heavy atom. The van der Waals surface area contributed by atoms with Crippen LogP contribution in [0.25, 0.3) is 0 Å². The first-order chi connectivity index (χ1) is 12.7. The maximum absolute atomic E-state index is 12.7. The van der Waals surface area contributed by atoms with Gasteiger partial charge in [0.1, 0.15) is 12.1 Å². The summed E-state index contributed by atoms with van der Waals surface area (Å²) in [4.78, 5) is 26.8. The number of carbonyl (C=O) groups is 2. The topological polar surface area (TPSA) is 55.8 Å². The molecule has 1 atom stereocenters. The number of esters is 1. The lowest BCUT2D eigenvalue weighted by atomic mass is 9.79. The van der Waals surface area contributed by atoms with E-state index in [1.165, 1.54) is 4.90 Å². The Kier molecular flexibility index (Phi) is 5.56. The van der Waals surface area contributed by atoms with Crippen LogP contribution in [0.15, 0.2) is 60.7 Å². The highest BCUT2D eigenvalue weighted by Crippen LogP contribution is 2.36. The molecule has 5 nitrogen and oxygen atoms in total. The fourth-order valence-electron chi connectivity index (χ4n) is 3.22. The van der Waals surface area contributed by atoms with Crippen molar-refractivity contribution in [3.8, 4) is 0 Å². The van der Waals surface area contributed by atoms with Crippen LogP contribution in [0.1, 0.15) is 24.5 Å². The second kappa shape index (κ2) is 8.04. The Balaban J connectivity index is 1.73. The molecule has 1 aliphatic rings. The van der Waals surface area contributed by atoms with Crippen molar-refractivity contribution < 1.29 is 19.1 Å². The second-order valence-corrected chi connectivity index (χ2v) is 6.36. The molecule has 0 unspecified atom stereocenters. The van der Waals surface area contributed by atoms with Gasteiger partial charge in [-0.3, -0.25) is 4.90 Å². The second-order valence-electron chi connectivity index (χ2n) is 6.36. The molecule has 0 spiro atoms. The Bertz CT molecular complexity index is 747. The number of ether oxygens (including phenoxy) is 2. The van der Waals surface area contributed by atoms with Gasteiger partial charge in [-0.1, -0.05) is 60.7 Å². The largest absolute Gasteiger partial charge is 0.464 e. The van der Waals surface area contributed by atoms with Gasteiger partial charge in [-0.2, -0.15) is 0 Å². The maximum Gasteiger partial charge on any atom is 0.411 e. The summed E-state index contributed by atoms with van der Waals surface area (Å²) >= 11 is 0. The van der Waals surface area contributed by atoms with Gasteiger partial charge in [0.05, 0.1) is 6.61 Å². The van der Waals surface area contributed by atoms with Crippen LogP contribution in [-0.4, -0.2) is 35.7 Å². The predicted octanol–water partition coefficient (Wildman–Crippen LogP) is 3.57. The van der Waals surface area contributed by atoms with Crippen molar-refractivity contribution >= 4 is 12.1 Å². The van der Waals surface area contributed by atoms with Crippen molar-refractivity contribution in [3.63, 3.8) is 0 Å². The van der Waals surface area contributed by atoms with E-state index < -0.39 is 11.6 Å². The van der Waals surface area contributed by atoms with Gasteiger partial charge in [0.25, 0.3) is 0 Å². The molecule has 2 aromatic carbocycles. The summed E-state index contributed by atoms with van der Waals surface area (Å²) in [6, 6.07) is 19.2. The van der Waals surface area contributed by atoms with Crippen molar-refractivity contribution in [1.82, 2.24) is 4.90 Å². The van der Waals surface area contributed by atoms with E-state index in [-0.39, 0.29) is 19.2 Å². The Labute approximate surface area is 153 Å². The number of benzene rings is 2. The zero-order valence-electron chi connectivity index (χ0n) is 14.9. The average molecular weight is 353 g/mol. The van der Waals surface area contributed by atoms with Gasteiger partial charge in [-0.15, -0.1) is 0 Å². The molecule has 3 rings (SSSR count). The van der Waals surface area contributed by atoms with E-state index in [0.29, 0.717) is 19.4 Å². The fourth-order valence-corrected chi connectivity index (χ4v) is 3.22. The van der Waals surface area contributed by atoms with Crippen LogP contribution in [0.5, 0.6) is 0 Å². The first-order valence-corrected chi connectivity index (χ1v) is 8.85. The number of amides is 1. The first-order valence-electron chi connectivity index (χ1n) is 8.85. The van der Waals surface area contributed by atoms with E-state index in [1.807, 2.05) is 60.7 Å². The average Bonchev–Trinajstić information content (AvgIpc) is 2.65. The van der Waals surface area contributed by atoms with Crippen LogP contribution in [0.2, 0.25) is 0 Å². The molecule has 0 aromatic heterocycles. The van der Waals surface area contributed by atoms with E-state index in [2.05, 4.69) is 0 Å². The van der Waals surface area contributed by atoms with Crippen LogP contribution in [0.4, 0.5) is 4.79 Å². The highest BCUT2D eigenvalue weighted by atomic mass is 16.6. The summed E-state index contributed by atoms with van der Waals surface area (Å²) < 4.78 is 10.7. The molecule has 2 aromatic rings. The smallest absolute Gasteiger partial charge is 0.411 e. The number of carbonyl (C=O) groups excluding carboxylic acids is 2. The Morgan fingerprint density at radius 3 is 2.12 bits per heavy atom. The summed E-state index contributed by atoms with van der Waals surface area (Å²) in [6.07, 6.45) is 0.512. The standard InChI is InChI=1S/C21H23NO4/c1-2-25-19(23)21(15-17-9-5-3-6-10-17)13-14-22(21)20(24)26-16-18-11-7-4-8-12-18/h3-12H,2,13-16H2,1H3/t21-/m0/s1. The van der Waals surface area contributed by atoms with Crippen molar-refractivity contribution in [2.45, 2.75) is 31.9 Å². The van der Waals surface area contributed by atoms with Crippen molar-refractivity contribution in [2.24, 2.45) is 0 Å². The highest BCUT2D eigenvalue weighted by molar-refractivity contribution is 5.88. The third kappa shape index (κ3) is 3.72. The number of likely N-dealkylation sites (tertiary alicyclic amines) is 1. The van der Waals surface area contributed by atoms with Crippen LogP contribution in [0.3, 0.4) is 0 Å². The Hall–Kier alpha value is -2.82. The number of hydrogen-bond acceptors (Lipinski definition) is 4. The summed E-state index contributed by atoms with van der Waals surface area (Å²) in [5.41, 5.74) is 0.915. The zero-order chi connectivity index (χ0) is 18.4. The molecule has 0 saturated carbocycles. The molecule has 136 valence electrons. The first kappa shape index (κ1) is 18.0. The SMILES string of the molecule is CCOC(=O)[C@@]1(Cc2ccccc2)CCN1C(=O)OCc1ccccc1. The molecule has 1 amide bonds. The molecule has 0 bridgehead atoms. The van der Waals surface area contributed by atoms with Gasteiger partial charge < -0.3 is 9.47 Å². The minimum Gasteiger partial charge on any atom is -0.464 e. The lowest BCUT2D eigenvalue weighted by Crippen LogP contribution is -2.68. The van der Waals surface area contributed by atoms with Crippen molar-refractivity contribution in [1.29, 1.82) is 0 Å². The molecule has 0 N–H and O–H groups in total. The molecule has 1 heterocycles. The summed E-state index contributed by atoms with van der Waals surface area (Å²) in [5, 5.41) is 0. The fraction of sp³-hybridized carbons (Fsp3) is 0.333. The number of hydrogen-bond donors (Lipinski definition) is 0. The molecular weight excluding hydrogens is 330 g/mol. The normalized spacial score (nSPS) is 18.7. The lowest BCUT2D eigenvalue weighted by Gasteiger charge is -2.49. The predicted molar refractivity (Wildman–Crippen MR) is 97.5 cm³/mol. The summed E-state index contributed by atoms with van der Waals surface area (Å²) in [7, 11) is 0. The lowest BCUT2D eigenvalue weighted by molar-refractivity contribution is -0.165. The minimum absolute atomic E-state index is 0.181. The highest BCUT2D eigenvalue weighted by Gasteiger charge is 2.55. The summed E-state index contributed by atoms with van der Waals surface area (Å²) in [5.74, 6) is -0.369. The molecule has 0 radical (unpaired) electrons. The monoisotopic (exact) mass is 353 g/mol. The van der Waals surface area contributed by atoms with Crippen molar-refractivity contribution in [3.05, 3.63) is 71.8 Å². The molecule has 5 heteroatoms. The molecule has 1 aliphatic heterocycles. The number of rotatable bonds is 6. The molecule has 0 aliphatic carbocycles. The van der Waals surface area contributed by atoms with E-state index in [0.717, 1.165) is 11.1 Å². The minimum atomic E-state index is -0.981. The third-order valence-electron chi connectivity index (χ3n) is 4.69. The molecule has 1 fully saturated rings. The van der Waals surface area contributed by atoms with Gasteiger partial charge in [-0.05, 0) is 24.5 Å². The number of nitrogens with zero attached hydrogens (tertiary/aromatic N) is 1. The van der Waals surface area contributed by atoms with Gasteiger partial charge in [0.15, 0.2) is 0 Å². The Morgan fingerprint density at radius 1 is 0.962 bits per heavy atom. The van der Waals surface area contributed by atoms with Crippen LogP contribution >= 0.6 is 0 Å². The molecule has 26 heavy (non-hydrogen) atoms. The van der Waals surface area contributed by atoms with Crippen LogP contribution in [0, 0.1) is 0 Å². The zero-order valence-corrected chi connectivity index (χ0v) is 14.9. The van der Waals surface area contributed by atoms with Crippen LogP contribution in [-0.2, 0) is 27.3 Å².